The minimum absolute atomic E-state index is 0.00407. The number of hydrogen-bond acceptors (Lipinski definition) is 6. The fraction of sp³-hybridized carbons (Fsp3) is 0.450. The van der Waals surface area contributed by atoms with Gasteiger partial charge < -0.3 is 9.64 Å². The largest absolute Gasteiger partial charge is 0.376 e. The molecule has 0 spiro atoms. The lowest BCUT2D eigenvalue weighted by Crippen LogP contribution is -2.39. The minimum Gasteiger partial charge on any atom is -0.376 e. The van der Waals surface area contributed by atoms with Crippen LogP contribution in [0.25, 0.3) is 11.3 Å². The van der Waals surface area contributed by atoms with Gasteiger partial charge in [-0.1, -0.05) is 35.0 Å². The summed E-state index contributed by atoms with van der Waals surface area (Å²) < 4.78 is 5.75. The van der Waals surface area contributed by atoms with E-state index in [4.69, 9.17) is 27.9 Å². The van der Waals surface area contributed by atoms with Crippen molar-refractivity contribution in [3.05, 3.63) is 33.6 Å². The van der Waals surface area contributed by atoms with Crippen molar-refractivity contribution in [2.24, 2.45) is 0 Å². The van der Waals surface area contributed by atoms with Crippen LogP contribution in [0.5, 0.6) is 0 Å². The van der Waals surface area contributed by atoms with Crippen molar-refractivity contribution in [3.8, 4) is 11.3 Å². The SMILES string of the molecule is O=C1SCCN1CCC(=O)N(CC1CCCO1)c1nc(-c2ccc(Cl)cc2Cl)cs1. The number of carbonyl (C=O) groups excluding carboxylic acids is 2. The topological polar surface area (TPSA) is 62.7 Å². The maximum atomic E-state index is 13.1. The van der Waals surface area contributed by atoms with Crippen molar-refractivity contribution in [1.82, 2.24) is 9.88 Å². The Bertz CT molecular complexity index is 934. The van der Waals surface area contributed by atoms with E-state index in [1.807, 2.05) is 11.4 Å². The summed E-state index contributed by atoms with van der Waals surface area (Å²) in [5.41, 5.74) is 1.47. The smallest absolute Gasteiger partial charge is 0.281 e. The lowest BCUT2D eigenvalue weighted by Gasteiger charge is -2.24. The van der Waals surface area contributed by atoms with E-state index in [9.17, 15) is 9.59 Å². The Labute approximate surface area is 193 Å². The predicted octanol–water partition coefficient (Wildman–Crippen LogP) is 5.19. The molecule has 160 valence electrons. The van der Waals surface area contributed by atoms with Crippen LogP contribution in [0.4, 0.5) is 9.93 Å². The second-order valence-electron chi connectivity index (χ2n) is 7.13. The molecular formula is C20H21Cl2N3O3S2. The molecule has 1 atom stereocenters. The van der Waals surface area contributed by atoms with Gasteiger partial charge in [0.1, 0.15) is 0 Å². The van der Waals surface area contributed by atoms with Crippen molar-refractivity contribution in [2.45, 2.75) is 25.4 Å². The highest BCUT2D eigenvalue weighted by Crippen LogP contribution is 2.34. The first-order valence-electron chi connectivity index (χ1n) is 9.76. The first-order chi connectivity index (χ1) is 14.5. The third-order valence-electron chi connectivity index (χ3n) is 5.08. The predicted molar refractivity (Wildman–Crippen MR) is 123 cm³/mol. The number of nitrogens with zero attached hydrogens (tertiary/aromatic N) is 3. The Morgan fingerprint density at radius 3 is 2.93 bits per heavy atom. The number of aromatic nitrogens is 1. The summed E-state index contributed by atoms with van der Waals surface area (Å²) >= 11 is 15.0. The number of hydrogen-bond donors (Lipinski definition) is 0. The molecule has 2 aromatic rings. The molecule has 6 nitrogen and oxygen atoms in total. The van der Waals surface area contributed by atoms with Gasteiger partial charge in [0, 0.05) is 47.8 Å². The number of rotatable bonds is 7. The number of thiazole rings is 1. The molecule has 3 heterocycles. The molecule has 10 heteroatoms. The summed E-state index contributed by atoms with van der Waals surface area (Å²) in [6, 6.07) is 5.27. The van der Waals surface area contributed by atoms with E-state index < -0.39 is 0 Å². The van der Waals surface area contributed by atoms with Crippen LogP contribution < -0.4 is 4.90 Å². The van der Waals surface area contributed by atoms with E-state index in [0.29, 0.717) is 40.5 Å². The highest BCUT2D eigenvalue weighted by atomic mass is 35.5. The maximum Gasteiger partial charge on any atom is 0.281 e. The van der Waals surface area contributed by atoms with Gasteiger partial charge in [-0.2, -0.15) is 0 Å². The van der Waals surface area contributed by atoms with Gasteiger partial charge in [-0.3, -0.25) is 14.5 Å². The summed E-state index contributed by atoms with van der Waals surface area (Å²) in [7, 11) is 0. The molecule has 2 saturated heterocycles. The van der Waals surface area contributed by atoms with Gasteiger partial charge >= 0.3 is 0 Å². The van der Waals surface area contributed by atoms with Crippen molar-refractivity contribution in [2.75, 3.05) is 36.9 Å². The van der Waals surface area contributed by atoms with Gasteiger partial charge in [0.2, 0.25) is 5.91 Å². The van der Waals surface area contributed by atoms with E-state index in [-0.39, 0.29) is 23.7 Å². The molecule has 0 aliphatic carbocycles. The van der Waals surface area contributed by atoms with E-state index >= 15 is 0 Å². The minimum atomic E-state index is -0.0571. The molecule has 0 N–H and O–H groups in total. The van der Waals surface area contributed by atoms with Gasteiger partial charge in [0.15, 0.2) is 5.13 Å². The number of halogens is 2. The Hall–Kier alpha value is -1.32. The van der Waals surface area contributed by atoms with Crippen LogP contribution in [0.1, 0.15) is 19.3 Å². The molecule has 1 aromatic carbocycles. The lowest BCUT2D eigenvalue weighted by atomic mass is 10.2. The molecule has 2 aliphatic heterocycles. The van der Waals surface area contributed by atoms with Crippen LogP contribution in [-0.2, 0) is 9.53 Å². The third kappa shape index (κ3) is 5.11. The van der Waals surface area contributed by atoms with Crippen LogP contribution in [0.15, 0.2) is 23.6 Å². The number of benzene rings is 1. The van der Waals surface area contributed by atoms with Crippen molar-refractivity contribution < 1.29 is 14.3 Å². The van der Waals surface area contributed by atoms with Crippen LogP contribution in [0.2, 0.25) is 10.0 Å². The molecule has 1 unspecified atom stereocenters. The van der Waals surface area contributed by atoms with Crippen molar-refractivity contribution >= 4 is 62.6 Å². The lowest BCUT2D eigenvalue weighted by molar-refractivity contribution is -0.119. The molecule has 0 bridgehead atoms. The fourth-order valence-electron chi connectivity index (χ4n) is 3.48. The van der Waals surface area contributed by atoms with Gasteiger partial charge in [-0.25, -0.2) is 4.98 Å². The van der Waals surface area contributed by atoms with Gasteiger partial charge in [-0.05, 0) is 31.0 Å². The maximum absolute atomic E-state index is 13.1. The van der Waals surface area contributed by atoms with Gasteiger partial charge in [0.25, 0.3) is 5.24 Å². The molecule has 0 radical (unpaired) electrons. The van der Waals surface area contributed by atoms with E-state index in [2.05, 4.69) is 4.98 Å². The van der Waals surface area contributed by atoms with Crippen LogP contribution in [0, 0.1) is 0 Å². The Morgan fingerprint density at radius 1 is 1.37 bits per heavy atom. The Morgan fingerprint density at radius 2 is 2.23 bits per heavy atom. The summed E-state index contributed by atoms with van der Waals surface area (Å²) in [5, 5.41) is 3.62. The van der Waals surface area contributed by atoms with Crippen molar-refractivity contribution in [3.63, 3.8) is 0 Å². The molecule has 30 heavy (non-hydrogen) atoms. The summed E-state index contributed by atoms with van der Waals surface area (Å²) in [6.45, 7) is 2.30. The first kappa shape index (κ1) is 21.9. The Balaban J connectivity index is 1.52. The van der Waals surface area contributed by atoms with Gasteiger partial charge in [0.05, 0.1) is 23.4 Å². The molecule has 2 aliphatic rings. The van der Waals surface area contributed by atoms with E-state index in [1.165, 1.54) is 23.1 Å². The normalized spacial score (nSPS) is 18.9. The summed E-state index contributed by atoms with van der Waals surface area (Å²) in [4.78, 5) is 33.0. The number of thioether (sulfide) groups is 1. The third-order valence-corrected chi connectivity index (χ3v) is 7.39. The molecule has 2 fully saturated rings. The number of anilines is 1. The highest BCUT2D eigenvalue weighted by molar-refractivity contribution is 8.13. The van der Waals surface area contributed by atoms with E-state index in [1.54, 1.807) is 21.9 Å². The van der Waals surface area contributed by atoms with Crippen LogP contribution >= 0.6 is 46.3 Å². The second kappa shape index (κ2) is 9.87. The van der Waals surface area contributed by atoms with E-state index in [0.717, 1.165) is 30.8 Å². The summed E-state index contributed by atoms with van der Waals surface area (Å²) in [6.07, 6.45) is 2.18. The monoisotopic (exact) mass is 485 g/mol. The quantitative estimate of drug-likeness (QED) is 0.539. The van der Waals surface area contributed by atoms with Crippen molar-refractivity contribution in [1.29, 1.82) is 0 Å². The zero-order chi connectivity index (χ0) is 21.1. The number of ether oxygens (including phenoxy) is 1. The van der Waals surface area contributed by atoms with Crippen LogP contribution in [0.3, 0.4) is 0 Å². The van der Waals surface area contributed by atoms with Crippen LogP contribution in [-0.4, -0.2) is 59.1 Å². The second-order valence-corrected chi connectivity index (χ2v) is 9.86. The van der Waals surface area contributed by atoms with Gasteiger partial charge in [-0.15, -0.1) is 11.3 Å². The molecule has 2 amide bonds. The average Bonchev–Trinajstić information content (AvgIpc) is 3.47. The molecule has 1 aromatic heterocycles. The number of carbonyl (C=O) groups is 2. The zero-order valence-electron chi connectivity index (χ0n) is 16.2. The average molecular weight is 486 g/mol. The zero-order valence-corrected chi connectivity index (χ0v) is 19.3. The molecular weight excluding hydrogens is 465 g/mol. The Kier molecular flexibility index (Phi) is 7.20. The number of amides is 2. The summed E-state index contributed by atoms with van der Waals surface area (Å²) in [5.74, 6) is 0.725. The molecule has 0 saturated carbocycles. The fourth-order valence-corrected chi connectivity index (χ4v) is 5.69. The first-order valence-corrected chi connectivity index (χ1v) is 12.4. The highest BCUT2D eigenvalue weighted by Gasteiger charge is 2.28. The molecule has 4 rings (SSSR count). The standard InChI is InChI=1S/C20H21Cl2N3O3S2/c21-13-3-4-15(16(22)10-13)17-12-30-19(23-17)25(11-14-2-1-8-28-14)18(26)5-6-24-7-9-29-20(24)27/h3-4,10,12,14H,1-2,5-9,11H2.